The van der Waals surface area contributed by atoms with Crippen LogP contribution >= 0.6 is 0 Å². The molecule has 1 rings (SSSR count). The summed E-state index contributed by atoms with van der Waals surface area (Å²) in [5.74, 6) is -0.889. The van der Waals surface area contributed by atoms with Crippen LogP contribution in [0.4, 0.5) is 14.5 Å². The minimum absolute atomic E-state index is 0.190. The van der Waals surface area contributed by atoms with Crippen molar-refractivity contribution >= 4 is 5.69 Å². The van der Waals surface area contributed by atoms with Crippen LogP contribution in [0.3, 0.4) is 0 Å². The van der Waals surface area contributed by atoms with E-state index in [1.165, 1.54) is 0 Å². The summed E-state index contributed by atoms with van der Waals surface area (Å²) in [5, 5.41) is 5.93. The van der Waals surface area contributed by atoms with Gasteiger partial charge in [0.25, 0.3) is 0 Å². The Morgan fingerprint density at radius 2 is 1.93 bits per heavy atom. The van der Waals surface area contributed by atoms with E-state index in [0.717, 1.165) is 18.2 Å². The van der Waals surface area contributed by atoms with E-state index in [4.69, 9.17) is 0 Å². The molecule has 0 aromatic heterocycles. The molecule has 84 valence electrons. The van der Waals surface area contributed by atoms with Crippen molar-refractivity contribution in [2.45, 2.75) is 19.4 Å². The van der Waals surface area contributed by atoms with E-state index in [0.29, 0.717) is 6.54 Å². The summed E-state index contributed by atoms with van der Waals surface area (Å²) in [6, 6.07) is 3.38. The zero-order chi connectivity index (χ0) is 11.5. The first-order valence-corrected chi connectivity index (χ1v) is 4.82. The molecule has 2 N–H and O–H groups in total. The van der Waals surface area contributed by atoms with Gasteiger partial charge in [-0.25, -0.2) is 8.78 Å². The van der Waals surface area contributed by atoms with Gasteiger partial charge in [-0.05, 0) is 39.1 Å². The first kappa shape index (κ1) is 11.9. The molecule has 0 heterocycles. The lowest BCUT2D eigenvalue weighted by Crippen LogP contribution is -2.40. The maximum Gasteiger partial charge on any atom is 0.146 e. The van der Waals surface area contributed by atoms with E-state index in [9.17, 15) is 8.78 Å². The number of anilines is 1. The van der Waals surface area contributed by atoms with Gasteiger partial charge in [0.2, 0.25) is 0 Å². The number of rotatable bonds is 4. The molecule has 1 aromatic carbocycles. The molecule has 0 bridgehead atoms. The quantitative estimate of drug-likeness (QED) is 0.804. The van der Waals surface area contributed by atoms with Crippen LogP contribution in [0.1, 0.15) is 13.8 Å². The van der Waals surface area contributed by atoms with Gasteiger partial charge >= 0.3 is 0 Å². The van der Waals surface area contributed by atoms with Crippen LogP contribution in [-0.2, 0) is 0 Å². The fraction of sp³-hybridized carbons (Fsp3) is 0.455. The van der Waals surface area contributed by atoms with Crippen LogP contribution in [-0.4, -0.2) is 19.1 Å². The Balaban J connectivity index is 2.83. The second-order valence-corrected chi connectivity index (χ2v) is 4.16. The van der Waals surface area contributed by atoms with Crippen LogP contribution in [0.5, 0.6) is 0 Å². The van der Waals surface area contributed by atoms with E-state index in [1.54, 1.807) is 0 Å². The Morgan fingerprint density at radius 3 is 2.53 bits per heavy atom. The molecule has 0 aliphatic heterocycles. The summed E-state index contributed by atoms with van der Waals surface area (Å²) in [4.78, 5) is 0. The highest BCUT2D eigenvalue weighted by molar-refractivity contribution is 5.47. The van der Waals surface area contributed by atoms with Crippen molar-refractivity contribution in [1.82, 2.24) is 5.32 Å². The van der Waals surface area contributed by atoms with Gasteiger partial charge in [-0.3, -0.25) is 0 Å². The fourth-order valence-corrected chi connectivity index (χ4v) is 1.44. The predicted molar refractivity (Wildman–Crippen MR) is 58.0 cm³/mol. The molecular weight excluding hydrogens is 198 g/mol. The monoisotopic (exact) mass is 214 g/mol. The highest BCUT2D eigenvalue weighted by atomic mass is 19.1. The number of likely N-dealkylation sites (N-methyl/N-ethyl adjacent to an activating group) is 1. The summed E-state index contributed by atoms with van der Waals surface area (Å²) in [6.45, 7) is 4.48. The van der Waals surface area contributed by atoms with Crippen molar-refractivity contribution < 1.29 is 8.78 Å². The average molecular weight is 214 g/mol. The lowest BCUT2D eigenvalue weighted by Gasteiger charge is -2.27. The second-order valence-electron chi connectivity index (χ2n) is 4.16. The zero-order valence-electron chi connectivity index (χ0n) is 9.20. The maximum atomic E-state index is 13.3. The molecule has 4 heteroatoms. The summed E-state index contributed by atoms with van der Waals surface area (Å²) in [6.07, 6.45) is 0. The Kier molecular flexibility index (Phi) is 3.63. The average Bonchev–Trinajstić information content (AvgIpc) is 2.10. The van der Waals surface area contributed by atoms with E-state index >= 15 is 0 Å². The van der Waals surface area contributed by atoms with Gasteiger partial charge in [-0.2, -0.15) is 0 Å². The minimum atomic E-state index is -0.445. The number of nitrogens with one attached hydrogen (secondary N) is 2. The largest absolute Gasteiger partial charge is 0.376 e. The number of benzene rings is 1. The van der Waals surface area contributed by atoms with Crippen molar-refractivity contribution in [2.75, 3.05) is 18.9 Å². The fourth-order valence-electron chi connectivity index (χ4n) is 1.44. The molecule has 15 heavy (non-hydrogen) atoms. The Labute approximate surface area is 88.7 Å². The van der Waals surface area contributed by atoms with Gasteiger partial charge in [-0.1, -0.05) is 0 Å². The molecule has 0 amide bonds. The first-order valence-electron chi connectivity index (χ1n) is 4.82. The van der Waals surface area contributed by atoms with Crippen molar-refractivity contribution in [2.24, 2.45) is 0 Å². The van der Waals surface area contributed by atoms with Gasteiger partial charge in [0, 0.05) is 12.1 Å². The Hall–Kier alpha value is -1.16. The molecular formula is C11H16F2N2. The zero-order valence-corrected chi connectivity index (χ0v) is 9.20. The standard InChI is InChI=1S/C11H16F2N2/c1-11(2,7-14-3)15-10-6-8(12)4-5-9(10)13/h4-6,14-15H,7H2,1-3H3. The minimum Gasteiger partial charge on any atom is -0.376 e. The number of hydrogen-bond acceptors (Lipinski definition) is 2. The maximum absolute atomic E-state index is 13.3. The molecule has 0 saturated carbocycles. The Morgan fingerprint density at radius 1 is 1.27 bits per heavy atom. The van der Waals surface area contributed by atoms with Gasteiger partial charge in [0.15, 0.2) is 0 Å². The summed E-state index contributed by atoms with van der Waals surface area (Å²) in [5.41, 5.74) is -0.140. The third kappa shape index (κ3) is 3.47. The highest BCUT2D eigenvalue weighted by Gasteiger charge is 2.18. The van der Waals surface area contributed by atoms with Gasteiger partial charge in [-0.15, -0.1) is 0 Å². The van der Waals surface area contributed by atoms with Crippen LogP contribution < -0.4 is 10.6 Å². The van der Waals surface area contributed by atoms with Crippen molar-refractivity contribution in [3.05, 3.63) is 29.8 Å². The predicted octanol–water partition coefficient (Wildman–Crippen LogP) is 2.37. The van der Waals surface area contributed by atoms with Gasteiger partial charge in [0.05, 0.1) is 5.69 Å². The number of hydrogen-bond donors (Lipinski definition) is 2. The number of halogens is 2. The van der Waals surface area contributed by atoms with Crippen molar-refractivity contribution in [1.29, 1.82) is 0 Å². The molecule has 0 aliphatic carbocycles. The van der Waals surface area contributed by atoms with E-state index in [-0.39, 0.29) is 11.2 Å². The van der Waals surface area contributed by atoms with Gasteiger partial charge < -0.3 is 10.6 Å². The smallest absolute Gasteiger partial charge is 0.146 e. The normalized spacial score (nSPS) is 11.5. The molecule has 0 radical (unpaired) electrons. The summed E-state index contributed by atoms with van der Waals surface area (Å²) in [7, 11) is 1.81. The topological polar surface area (TPSA) is 24.1 Å². The highest BCUT2D eigenvalue weighted by Crippen LogP contribution is 2.19. The van der Waals surface area contributed by atoms with E-state index < -0.39 is 11.6 Å². The lowest BCUT2D eigenvalue weighted by atomic mass is 10.1. The summed E-state index contributed by atoms with van der Waals surface area (Å²) < 4.78 is 26.2. The lowest BCUT2D eigenvalue weighted by molar-refractivity contribution is 0.521. The van der Waals surface area contributed by atoms with Crippen LogP contribution in [0.2, 0.25) is 0 Å². The molecule has 0 atom stereocenters. The van der Waals surface area contributed by atoms with Crippen molar-refractivity contribution in [3.8, 4) is 0 Å². The second kappa shape index (κ2) is 4.57. The molecule has 0 fully saturated rings. The molecule has 2 nitrogen and oxygen atoms in total. The van der Waals surface area contributed by atoms with Crippen LogP contribution in [0, 0.1) is 11.6 Å². The van der Waals surface area contributed by atoms with E-state index in [1.807, 2.05) is 20.9 Å². The van der Waals surface area contributed by atoms with Crippen LogP contribution in [0.25, 0.3) is 0 Å². The molecule has 1 aromatic rings. The SMILES string of the molecule is CNCC(C)(C)Nc1cc(F)ccc1F. The van der Waals surface area contributed by atoms with E-state index in [2.05, 4.69) is 10.6 Å². The van der Waals surface area contributed by atoms with Crippen LogP contribution in [0.15, 0.2) is 18.2 Å². The molecule has 0 spiro atoms. The summed E-state index contributed by atoms with van der Waals surface area (Å²) >= 11 is 0. The molecule has 0 aliphatic rings. The Bertz CT molecular complexity index is 337. The molecule has 0 unspecified atom stereocenters. The third-order valence-corrected chi connectivity index (χ3v) is 2.02. The van der Waals surface area contributed by atoms with Gasteiger partial charge in [0.1, 0.15) is 11.6 Å². The first-order chi connectivity index (χ1) is 6.94. The third-order valence-electron chi connectivity index (χ3n) is 2.02. The van der Waals surface area contributed by atoms with Crippen molar-refractivity contribution in [3.63, 3.8) is 0 Å². The molecule has 0 saturated heterocycles.